The highest BCUT2D eigenvalue weighted by Gasteiger charge is 2.17. The molecule has 0 aliphatic carbocycles. The lowest BCUT2D eigenvalue weighted by molar-refractivity contribution is 0.793. The number of benzene rings is 2. The average Bonchev–Trinajstić information content (AvgIpc) is 3.20. The molecule has 0 fully saturated rings. The monoisotopic (exact) mass is 341 g/mol. The average molecular weight is 342 g/mol. The molecule has 2 heterocycles. The molecule has 1 aliphatic heterocycles. The molecule has 7 heteroatoms. The fraction of sp³-hybridized carbons (Fsp3) is 0.125. The zero-order valence-electron chi connectivity index (χ0n) is 12.0. The Morgan fingerprint density at radius 2 is 1.83 bits per heavy atom. The summed E-state index contributed by atoms with van der Waals surface area (Å²) in [4.78, 5) is 4.65. The maximum absolute atomic E-state index is 6.13. The molecule has 0 radical (unpaired) electrons. The number of nitrogens with one attached hydrogen (secondary N) is 1. The smallest absolute Gasteiger partial charge is 0.194 e. The predicted octanol–water partition coefficient (Wildman–Crippen LogP) is 5.74. The molecule has 0 saturated heterocycles. The number of hydrogen-bond donors (Lipinski definition) is 1. The Morgan fingerprint density at radius 1 is 1.04 bits per heavy atom. The van der Waals surface area contributed by atoms with Crippen LogP contribution in [0.1, 0.15) is 0 Å². The van der Waals surface area contributed by atoms with E-state index in [-0.39, 0.29) is 6.17 Å². The molecule has 0 spiro atoms. The summed E-state index contributed by atoms with van der Waals surface area (Å²) < 4.78 is 0. The van der Waals surface area contributed by atoms with Gasteiger partial charge in [0.2, 0.25) is 0 Å². The molecule has 0 saturated carbocycles. The molecule has 5 nitrogen and oxygen atoms in total. The molecule has 23 heavy (non-hydrogen) atoms. The van der Waals surface area contributed by atoms with Gasteiger partial charge in [0.25, 0.3) is 0 Å². The van der Waals surface area contributed by atoms with Crippen LogP contribution in [-0.4, -0.2) is 16.9 Å². The minimum atomic E-state index is -0.208. The van der Waals surface area contributed by atoms with E-state index in [1.54, 1.807) is 11.8 Å². The topological polar surface area (TPSA) is 65.2 Å². The lowest BCUT2D eigenvalue weighted by atomic mass is 10.1. The molecular weight excluding hydrogens is 330 g/mol. The number of rotatable bonds is 4. The molecule has 0 atom stereocenters. The molecule has 3 aromatic rings. The third kappa shape index (κ3) is 2.87. The molecular formula is C16H12ClN5S. The number of fused-ring (bicyclic) bond motifs is 1. The number of H-pyrrole nitrogens is 1. The summed E-state index contributed by atoms with van der Waals surface area (Å²) in [7, 11) is 0. The fourth-order valence-electron chi connectivity index (χ4n) is 2.52. The van der Waals surface area contributed by atoms with E-state index < -0.39 is 0 Å². The number of halogens is 1. The second-order valence-corrected chi connectivity index (χ2v) is 6.55. The van der Waals surface area contributed by atoms with Gasteiger partial charge >= 0.3 is 0 Å². The molecule has 1 aromatic heterocycles. The maximum Gasteiger partial charge on any atom is 0.194 e. The summed E-state index contributed by atoms with van der Waals surface area (Å²) >= 11 is 7.82. The predicted molar refractivity (Wildman–Crippen MR) is 93.0 cm³/mol. The van der Waals surface area contributed by atoms with Crippen LogP contribution in [0.15, 0.2) is 74.1 Å². The van der Waals surface area contributed by atoms with Crippen LogP contribution >= 0.6 is 23.4 Å². The fourth-order valence-corrected chi connectivity index (χ4v) is 3.78. The summed E-state index contributed by atoms with van der Waals surface area (Å²) in [5.41, 5.74) is 3.24. The summed E-state index contributed by atoms with van der Waals surface area (Å²) in [6.07, 6.45) is -0.208. The number of aromatic amines is 1. The van der Waals surface area contributed by atoms with Crippen molar-refractivity contribution >= 4 is 34.3 Å². The Kier molecular flexibility index (Phi) is 3.85. The lowest BCUT2D eigenvalue weighted by Gasteiger charge is -2.05. The van der Waals surface area contributed by atoms with Crippen molar-refractivity contribution in [3.8, 4) is 11.3 Å². The van der Waals surface area contributed by atoms with Gasteiger partial charge in [0.1, 0.15) is 0 Å². The highest BCUT2D eigenvalue weighted by atomic mass is 35.5. The van der Waals surface area contributed by atoms with E-state index in [9.17, 15) is 0 Å². The minimum absolute atomic E-state index is 0.208. The number of hydrogen-bond acceptors (Lipinski definition) is 5. The second kappa shape index (κ2) is 6.14. The Hall–Kier alpha value is -2.18. The van der Waals surface area contributed by atoms with Crippen molar-refractivity contribution in [1.29, 1.82) is 0 Å². The highest BCUT2D eigenvalue weighted by Crippen LogP contribution is 2.39. The highest BCUT2D eigenvalue weighted by molar-refractivity contribution is 7.99. The third-order valence-electron chi connectivity index (χ3n) is 3.56. The second-order valence-electron chi connectivity index (χ2n) is 5.09. The standard InChI is InChI=1S/C16H12ClN5S/c17-11-6-7-12-13(8-11)18-15(10-4-2-1-3-5-10)16(12)23-9-14-19-21-22-20-14/h1-8,14,18H,9H2. The summed E-state index contributed by atoms with van der Waals surface area (Å²) in [6.45, 7) is 0. The SMILES string of the molecule is Clc1ccc2c(SCC3N=NN=N3)c(-c3ccccc3)[nH]c2c1. The van der Waals surface area contributed by atoms with Crippen molar-refractivity contribution in [3.05, 3.63) is 53.6 Å². The lowest BCUT2D eigenvalue weighted by Crippen LogP contribution is -1.99. The summed E-state index contributed by atoms with van der Waals surface area (Å²) in [5.74, 6) is 0.697. The number of thioether (sulfide) groups is 1. The van der Waals surface area contributed by atoms with Crippen LogP contribution in [0.5, 0.6) is 0 Å². The van der Waals surface area contributed by atoms with Gasteiger partial charge in [-0.1, -0.05) is 48.0 Å². The number of aromatic nitrogens is 1. The molecule has 2 aromatic carbocycles. The van der Waals surface area contributed by atoms with Crippen molar-refractivity contribution in [2.75, 3.05) is 5.75 Å². The van der Waals surface area contributed by atoms with Crippen molar-refractivity contribution in [3.63, 3.8) is 0 Å². The van der Waals surface area contributed by atoms with E-state index in [2.05, 4.69) is 37.8 Å². The number of nitrogens with zero attached hydrogens (tertiary/aromatic N) is 4. The molecule has 4 rings (SSSR count). The first kappa shape index (κ1) is 14.4. The summed E-state index contributed by atoms with van der Waals surface area (Å²) in [5, 5.41) is 16.9. The summed E-state index contributed by atoms with van der Waals surface area (Å²) in [6, 6.07) is 16.1. The zero-order chi connectivity index (χ0) is 15.6. The van der Waals surface area contributed by atoms with Crippen molar-refractivity contribution < 1.29 is 0 Å². The van der Waals surface area contributed by atoms with E-state index in [4.69, 9.17) is 11.6 Å². The third-order valence-corrected chi connectivity index (χ3v) is 4.97. The van der Waals surface area contributed by atoms with Crippen LogP contribution in [0, 0.1) is 0 Å². The van der Waals surface area contributed by atoms with Gasteiger partial charge in [-0.25, -0.2) is 0 Å². The van der Waals surface area contributed by atoms with Gasteiger partial charge in [0, 0.05) is 26.6 Å². The van der Waals surface area contributed by atoms with Gasteiger partial charge in [-0.05, 0) is 28.1 Å². The Balaban J connectivity index is 1.78. The van der Waals surface area contributed by atoms with Crippen LogP contribution in [-0.2, 0) is 0 Å². The van der Waals surface area contributed by atoms with Crippen molar-refractivity contribution in [2.45, 2.75) is 11.1 Å². The van der Waals surface area contributed by atoms with E-state index in [0.717, 1.165) is 22.2 Å². The maximum atomic E-state index is 6.13. The normalized spacial score (nSPS) is 14.1. The Bertz CT molecular complexity index is 891. The molecule has 1 aliphatic rings. The van der Waals surface area contributed by atoms with Gasteiger partial charge in [-0.3, -0.25) is 0 Å². The molecule has 0 unspecified atom stereocenters. The van der Waals surface area contributed by atoms with Crippen LogP contribution < -0.4 is 0 Å². The van der Waals surface area contributed by atoms with Gasteiger partial charge in [0.15, 0.2) is 6.17 Å². The quantitative estimate of drug-likeness (QED) is 0.604. The van der Waals surface area contributed by atoms with Crippen LogP contribution in [0.4, 0.5) is 0 Å². The van der Waals surface area contributed by atoms with E-state index in [0.29, 0.717) is 10.8 Å². The first-order valence-electron chi connectivity index (χ1n) is 7.11. The first-order valence-corrected chi connectivity index (χ1v) is 8.47. The van der Waals surface area contributed by atoms with E-state index in [1.807, 2.05) is 36.4 Å². The van der Waals surface area contributed by atoms with Crippen LogP contribution in [0.3, 0.4) is 0 Å². The minimum Gasteiger partial charge on any atom is -0.354 e. The van der Waals surface area contributed by atoms with Gasteiger partial charge in [-0.2, -0.15) is 0 Å². The van der Waals surface area contributed by atoms with Crippen LogP contribution in [0.2, 0.25) is 5.02 Å². The van der Waals surface area contributed by atoms with Crippen LogP contribution in [0.25, 0.3) is 22.2 Å². The Labute approximate surface area is 141 Å². The van der Waals surface area contributed by atoms with Gasteiger partial charge in [-0.15, -0.1) is 22.0 Å². The van der Waals surface area contributed by atoms with Gasteiger partial charge in [0.05, 0.1) is 5.69 Å². The van der Waals surface area contributed by atoms with Crippen molar-refractivity contribution in [1.82, 2.24) is 4.98 Å². The molecule has 114 valence electrons. The first-order chi connectivity index (χ1) is 11.3. The Morgan fingerprint density at radius 3 is 2.61 bits per heavy atom. The van der Waals surface area contributed by atoms with Gasteiger partial charge < -0.3 is 4.98 Å². The van der Waals surface area contributed by atoms with Crippen molar-refractivity contribution in [2.24, 2.45) is 20.7 Å². The largest absolute Gasteiger partial charge is 0.354 e. The van der Waals surface area contributed by atoms with E-state index >= 15 is 0 Å². The van der Waals surface area contributed by atoms with E-state index in [1.165, 1.54) is 4.90 Å². The molecule has 0 amide bonds. The molecule has 1 N–H and O–H groups in total. The molecule has 0 bridgehead atoms. The zero-order valence-corrected chi connectivity index (χ0v) is 13.6.